The van der Waals surface area contributed by atoms with Crippen LogP contribution in [0.1, 0.15) is 45.1 Å². The Morgan fingerprint density at radius 3 is 2.52 bits per heavy atom. The Morgan fingerprint density at radius 1 is 1.30 bits per heavy atom. The molecule has 23 heavy (non-hydrogen) atoms. The smallest absolute Gasteiger partial charge is 0.207 e. The molecular weight excluding hydrogens is 306 g/mol. The van der Waals surface area contributed by atoms with E-state index in [-0.39, 0.29) is 6.04 Å². The first-order valence-electron chi connectivity index (χ1n) is 8.32. The maximum absolute atomic E-state index is 13.0. The lowest BCUT2D eigenvalue weighted by Gasteiger charge is -2.23. The molecule has 0 fully saturated rings. The summed E-state index contributed by atoms with van der Waals surface area (Å²) in [6.07, 6.45) is 5.82. The molecule has 1 heterocycles. The monoisotopic (exact) mass is 333 g/mol. The van der Waals surface area contributed by atoms with Crippen LogP contribution in [0.5, 0.6) is 0 Å². The molecule has 0 bridgehead atoms. The molecule has 1 atom stereocenters. The topological polar surface area (TPSA) is 37.4 Å². The Kier molecular flexibility index (Phi) is 5.82. The van der Waals surface area contributed by atoms with Gasteiger partial charge in [-0.25, -0.2) is 8.42 Å². The number of rotatable bonds is 7. The number of unbranched alkanes of at least 4 members (excludes halogenated alkanes) is 1. The zero-order valence-electron chi connectivity index (χ0n) is 14.4. The van der Waals surface area contributed by atoms with Crippen molar-refractivity contribution in [2.75, 3.05) is 6.54 Å². The number of aryl methyl sites for hydroxylation is 1. The first-order valence-corrected chi connectivity index (χ1v) is 9.76. The zero-order chi connectivity index (χ0) is 17.0. The molecule has 126 valence electrons. The number of hydrogen-bond acceptors (Lipinski definition) is 2. The van der Waals surface area contributed by atoms with Gasteiger partial charge in [0.2, 0.25) is 10.0 Å². The molecule has 0 amide bonds. The van der Waals surface area contributed by atoms with E-state index in [9.17, 15) is 8.42 Å². The highest BCUT2D eigenvalue weighted by Crippen LogP contribution is 2.34. The van der Waals surface area contributed by atoms with Crippen LogP contribution in [-0.2, 0) is 10.0 Å². The van der Waals surface area contributed by atoms with Crippen molar-refractivity contribution < 1.29 is 8.42 Å². The fraction of sp³-hybridized carbons (Fsp3) is 0.474. The summed E-state index contributed by atoms with van der Waals surface area (Å²) in [5, 5.41) is 0. The van der Waals surface area contributed by atoms with Crippen molar-refractivity contribution in [2.24, 2.45) is 0 Å². The van der Waals surface area contributed by atoms with Crippen molar-refractivity contribution in [1.82, 2.24) is 4.31 Å². The third-order valence-corrected chi connectivity index (χ3v) is 6.49. The van der Waals surface area contributed by atoms with Crippen LogP contribution in [0.15, 0.2) is 53.0 Å². The second kappa shape index (κ2) is 7.45. The average Bonchev–Trinajstić information content (AvgIpc) is 2.83. The summed E-state index contributed by atoms with van der Waals surface area (Å²) >= 11 is 0. The van der Waals surface area contributed by atoms with Crippen LogP contribution in [-0.4, -0.2) is 25.3 Å². The molecule has 1 unspecified atom stereocenters. The van der Waals surface area contributed by atoms with E-state index in [2.05, 4.69) is 13.5 Å². The molecule has 0 saturated heterocycles. The first kappa shape index (κ1) is 18.0. The van der Waals surface area contributed by atoms with E-state index in [0.29, 0.717) is 11.4 Å². The van der Waals surface area contributed by atoms with Gasteiger partial charge in [0.1, 0.15) is 0 Å². The molecule has 0 radical (unpaired) electrons. The molecule has 4 heteroatoms. The molecule has 0 spiro atoms. The van der Waals surface area contributed by atoms with Gasteiger partial charge >= 0.3 is 0 Å². The van der Waals surface area contributed by atoms with E-state index in [1.165, 1.54) is 11.1 Å². The van der Waals surface area contributed by atoms with Gasteiger partial charge in [-0.2, -0.15) is 4.31 Å². The quantitative estimate of drug-likeness (QED) is 0.691. The minimum absolute atomic E-state index is 0.0668. The van der Waals surface area contributed by atoms with Crippen molar-refractivity contribution in [3.05, 3.63) is 53.6 Å². The van der Waals surface area contributed by atoms with Crippen LogP contribution in [0.25, 0.3) is 0 Å². The molecule has 0 N–H and O–H groups in total. The van der Waals surface area contributed by atoms with Crippen LogP contribution in [0, 0.1) is 6.92 Å². The van der Waals surface area contributed by atoms with Gasteiger partial charge in [0, 0.05) is 12.6 Å². The number of hydrogen-bond donors (Lipinski definition) is 0. The van der Waals surface area contributed by atoms with Gasteiger partial charge in [0.05, 0.1) is 4.90 Å². The van der Waals surface area contributed by atoms with E-state index in [4.69, 9.17) is 0 Å². The van der Waals surface area contributed by atoms with Gasteiger partial charge in [0.15, 0.2) is 0 Å². The molecule has 3 nitrogen and oxygen atoms in total. The Bertz CT molecular complexity index is 687. The molecule has 0 saturated carbocycles. The molecule has 2 rings (SSSR count). The molecular formula is C19H27NO2S. The van der Waals surface area contributed by atoms with Gasteiger partial charge in [-0.15, -0.1) is 6.58 Å². The Hall–Kier alpha value is -1.39. The van der Waals surface area contributed by atoms with Crippen molar-refractivity contribution in [3.8, 4) is 0 Å². The van der Waals surface area contributed by atoms with Gasteiger partial charge in [0.25, 0.3) is 0 Å². The third kappa shape index (κ3) is 3.75. The first-order chi connectivity index (χ1) is 10.9. The van der Waals surface area contributed by atoms with E-state index in [0.717, 1.165) is 31.2 Å². The summed E-state index contributed by atoms with van der Waals surface area (Å²) in [6, 6.07) is 7.04. The van der Waals surface area contributed by atoms with Gasteiger partial charge in [-0.05, 0) is 45.2 Å². The number of nitrogens with zero attached hydrogens (tertiary/aromatic N) is 1. The molecule has 1 aromatic rings. The van der Waals surface area contributed by atoms with Crippen molar-refractivity contribution in [1.29, 1.82) is 0 Å². The highest BCUT2D eigenvalue weighted by atomic mass is 32.2. The summed E-state index contributed by atoms with van der Waals surface area (Å²) in [5.74, 6) is 0. The van der Waals surface area contributed by atoms with Crippen LogP contribution >= 0.6 is 0 Å². The summed E-state index contributed by atoms with van der Waals surface area (Å²) in [5.41, 5.74) is 3.56. The van der Waals surface area contributed by atoms with Crippen molar-refractivity contribution in [3.63, 3.8) is 0 Å². The van der Waals surface area contributed by atoms with Crippen molar-refractivity contribution in [2.45, 2.75) is 57.4 Å². The van der Waals surface area contributed by atoms with E-state index in [1.54, 1.807) is 16.4 Å². The van der Waals surface area contributed by atoms with Gasteiger partial charge in [-0.3, -0.25) is 0 Å². The maximum atomic E-state index is 13.0. The molecule has 0 aliphatic carbocycles. The van der Waals surface area contributed by atoms with Gasteiger partial charge in [-0.1, -0.05) is 48.3 Å². The Balaban J connectivity index is 2.31. The normalized spacial score (nSPS) is 19.3. The van der Waals surface area contributed by atoms with E-state index < -0.39 is 10.0 Å². The second-order valence-electron chi connectivity index (χ2n) is 6.26. The molecule has 1 aliphatic rings. The number of sulfonamides is 1. The third-order valence-electron chi connectivity index (χ3n) is 4.56. The fourth-order valence-corrected chi connectivity index (χ4v) is 4.78. The lowest BCUT2D eigenvalue weighted by Crippen LogP contribution is -2.35. The second-order valence-corrected chi connectivity index (χ2v) is 8.15. The summed E-state index contributed by atoms with van der Waals surface area (Å²) in [4.78, 5) is 0.379. The van der Waals surface area contributed by atoms with Gasteiger partial charge < -0.3 is 0 Å². The van der Waals surface area contributed by atoms with Crippen LogP contribution in [0.4, 0.5) is 0 Å². The predicted molar refractivity (Wildman–Crippen MR) is 95.9 cm³/mol. The average molecular weight is 333 g/mol. The van der Waals surface area contributed by atoms with Crippen LogP contribution < -0.4 is 0 Å². The SMILES string of the molecule is C=CCC1=C(CCCC)C(C)N(S(=O)(=O)c2ccc(C)cc2)C1. The highest BCUT2D eigenvalue weighted by Gasteiger charge is 2.37. The largest absolute Gasteiger partial charge is 0.243 e. The lowest BCUT2D eigenvalue weighted by molar-refractivity contribution is 0.412. The summed E-state index contributed by atoms with van der Waals surface area (Å²) in [7, 11) is -3.46. The summed E-state index contributed by atoms with van der Waals surface area (Å²) < 4.78 is 27.6. The minimum Gasteiger partial charge on any atom is -0.207 e. The summed E-state index contributed by atoms with van der Waals surface area (Å²) in [6.45, 7) is 10.4. The fourth-order valence-electron chi connectivity index (χ4n) is 3.16. The van der Waals surface area contributed by atoms with E-state index in [1.807, 2.05) is 32.1 Å². The van der Waals surface area contributed by atoms with Crippen molar-refractivity contribution >= 4 is 10.0 Å². The van der Waals surface area contributed by atoms with E-state index >= 15 is 0 Å². The Labute approximate surface area is 140 Å². The number of benzene rings is 1. The minimum atomic E-state index is -3.46. The predicted octanol–water partition coefficient (Wildman–Crippen LogP) is 4.45. The zero-order valence-corrected chi connectivity index (χ0v) is 15.2. The number of allylic oxidation sites excluding steroid dienone is 1. The standard InChI is InChI=1S/C19H27NO2S/c1-5-7-9-19-16(4)20(14-17(19)8-6-2)23(21,22)18-12-10-15(3)11-13-18/h6,10-13,16H,2,5,7-9,14H2,1,3-4H3. The molecule has 1 aromatic carbocycles. The lowest BCUT2D eigenvalue weighted by atomic mass is 9.98. The molecule has 1 aliphatic heterocycles. The van der Waals surface area contributed by atoms with Crippen LogP contribution in [0.3, 0.4) is 0 Å². The maximum Gasteiger partial charge on any atom is 0.243 e. The Morgan fingerprint density at radius 2 is 1.96 bits per heavy atom. The highest BCUT2D eigenvalue weighted by molar-refractivity contribution is 7.89. The molecule has 0 aromatic heterocycles. The van der Waals surface area contributed by atoms with Crippen LogP contribution in [0.2, 0.25) is 0 Å².